The van der Waals surface area contributed by atoms with Crippen LogP contribution < -0.4 is 0 Å². The van der Waals surface area contributed by atoms with Crippen LogP contribution in [-0.4, -0.2) is 24.8 Å². The van der Waals surface area contributed by atoms with Crippen LogP contribution in [0.25, 0.3) is 0 Å². The predicted molar refractivity (Wildman–Crippen MR) is 61.4 cm³/mol. The predicted octanol–water partition coefficient (Wildman–Crippen LogP) is 1.78. The zero-order valence-electron chi connectivity index (χ0n) is 8.78. The lowest BCUT2D eigenvalue weighted by Gasteiger charge is -2.05. The molecule has 2 aliphatic rings. The van der Waals surface area contributed by atoms with E-state index in [0.717, 1.165) is 12.8 Å². The van der Waals surface area contributed by atoms with Gasteiger partial charge in [0.2, 0.25) is 10.0 Å². The molecule has 4 heteroatoms. The van der Waals surface area contributed by atoms with Crippen molar-refractivity contribution in [3.8, 4) is 0 Å². The Morgan fingerprint density at radius 2 is 1.56 bits per heavy atom. The molecular formula is C12H13NO2S. The quantitative estimate of drug-likeness (QED) is 0.579. The second-order valence-electron chi connectivity index (χ2n) is 4.23. The minimum Gasteiger partial charge on any atom is -0.207 e. The topological polar surface area (TPSA) is 37.1 Å². The molecule has 1 aliphatic carbocycles. The summed E-state index contributed by atoms with van der Waals surface area (Å²) in [4.78, 5) is 0.407. The van der Waals surface area contributed by atoms with Crippen molar-refractivity contribution in [1.82, 2.24) is 4.31 Å². The van der Waals surface area contributed by atoms with Gasteiger partial charge in [-0.3, -0.25) is 0 Å². The van der Waals surface area contributed by atoms with Gasteiger partial charge in [0.05, 0.1) is 4.90 Å². The van der Waals surface area contributed by atoms with Crippen LogP contribution in [0.3, 0.4) is 0 Å². The molecule has 0 N–H and O–H groups in total. The van der Waals surface area contributed by atoms with Gasteiger partial charge >= 0.3 is 0 Å². The Bertz CT molecular complexity index is 507. The standard InChI is InChI=1S/C12H13NO2S/c14-16(15,10-6-2-1-3-7-10)13-11-8-4-5-9-12(11)13/h1-7,11-12H,8-9H2/t11-,12+,13?. The van der Waals surface area contributed by atoms with E-state index < -0.39 is 10.0 Å². The lowest BCUT2D eigenvalue weighted by Crippen LogP contribution is -2.15. The molecule has 1 aliphatic heterocycles. The van der Waals surface area contributed by atoms with Gasteiger partial charge in [-0.15, -0.1) is 0 Å². The molecular weight excluding hydrogens is 222 g/mol. The first-order valence-electron chi connectivity index (χ1n) is 5.45. The van der Waals surface area contributed by atoms with Gasteiger partial charge in [0.1, 0.15) is 0 Å². The third-order valence-electron chi connectivity index (χ3n) is 3.25. The first kappa shape index (κ1) is 10.1. The molecule has 84 valence electrons. The molecule has 0 spiro atoms. The number of benzene rings is 1. The van der Waals surface area contributed by atoms with Crippen molar-refractivity contribution in [2.45, 2.75) is 29.8 Å². The maximum atomic E-state index is 12.3. The van der Waals surface area contributed by atoms with Crippen LogP contribution in [-0.2, 0) is 10.0 Å². The normalized spacial score (nSPS) is 32.1. The van der Waals surface area contributed by atoms with Crippen molar-refractivity contribution in [2.24, 2.45) is 0 Å². The van der Waals surface area contributed by atoms with Gasteiger partial charge in [0.15, 0.2) is 0 Å². The first-order valence-corrected chi connectivity index (χ1v) is 6.89. The van der Waals surface area contributed by atoms with Crippen LogP contribution in [0.4, 0.5) is 0 Å². The van der Waals surface area contributed by atoms with Crippen molar-refractivity contribution >= 4 is 10.0 Å². The van der Waals surface area contributed by atoms with Crippen LogP contribution in [0, 0.1) is 0 Å². The third kappa shape index (κ3) is 1.41. The van der Waals surface area contributed by atoms with E-state index in [1.807, 2.05) is 6.07 Å². The van der Waals surface area contributed by atoms with Crippen molar-refractivity contribution in [3.63, 3.8) is 0 Å². The van der Waals surface area contributed by atoms with E-state index in [2.05, 4.69) is 12.2 Å². The summed E-state index contributed by atoms with van der Waals surface area (Å²) in [5.41, 5.74) is 0. The highest BCUT2D eigenvalue weighted by Crippen LogP contribution is 2.42. The second kappa shape index (κ2) is 3.43. The fourth-order valence-corrected chi connectivity index (χ4v) is 4.23. The minimum atomic E-state index is -3.25. The zero-order chi connectivity index (χ0) is 11.2. The molecule has 1 unspecified atom stereocenters. The van der Waals surface area contributed by atoms with Crippen molar-refractivity contribution in [2.75, 3.05) is 0 Å². The summed E-state index contributed by atoms with van der Waals surface area (Å²) in [5.74, 6) is 0. The summed E-state index contributed by atoms with van der Waals surface area (Å²) in [6.07, 6.45) is 5.86. The van der Waals surface area contributed by atoms with Gasteiger partial charge in [0, 0.05) is 12.1 Å². The second-order valence-corrected chi connectivity index (χ2v) is 6.07. The molecule has 0 amide bonds. The minimum absolute atomic E-state index is 0.204. The number of nitrogens with zero attached hydrogens (tertiary/aromatic N) is 1. The highest BCUT2D eigenvalue weighted by molar-refractivity contribution is 7.89. The summed E-state index contributed by atoms with van der Waals surface area (Å²) in [6.45, 7) is 0. The highest BCUT2D eigenvalue weighted by Gasteiger charge is 2.54. The van der Waals surface area contributed by atoms with Crippen molar-refractivity contribution < 1.29 is 8.42 Å². The van der Waals surface area contributed by atoms with Crippen LogP contribution in [0.2, 0.25) is 0 Å². The number of hydrogen-bond acceptors (Lipinski definition) is 2. The van der Waals surface area contributed by atoms with Crippen molar-refractivity contribution in [3.05, 3.63) is 42.5 Å². The smallest absolute Gasteiger partial charge is 0.207 e. The van der Waals surface area contributed by atoms with Crippen LogP contribution >= 0.6 is 0 Å². The first-order chi connectivity index (χ1) is 7.71. The fraction of sp³-hybridized carbons (Fsp3) is 0.333. The molecule has 1 aromatic carbocycles. The maximum absolute atomic E-state index is 12.3. The Morgan fingerprint density at radius 1 is 1.00 bits per heavy atom. The fourth-order valence-electron chi connectivity index (χ4n) is 2.37. The molecule has 0 aromatic heterocycles. The van der Waals surface area contributed by atoms with E-state index in [1.165, 1.54) is 0 Å². The van der Waals surface area contributed by atoms with E-state index in [4.69, 9.17) is 0 Å². The molecule has 3 nitrogen and oxygen atoms in total. The van der Waals surface area contributed by atoms with Crippen LogP contribution in [0.5, 0.6) is 0 Å². The lowest BCUT2D eigenvalue weighted by molar-refractivity contribution is 0.546. The highest BCUT2D eigenvalue weighted by atomic mass is 32.2. The van der Waals surface area contributed by atoms with Crippen molar-refractivity contribution in [1.29, 1.82) is 0 Å². The van der Waals surface area contributed by atoms with Crippen LogP contribution in [0.1, 0.15) is 12.8 Å². The SMILES string of the molecule is O=S(=O)(c1ccccc1)N1[C@@H]2CC=CC[C@@H]21. The van der Waals surface area contributed by atoms with E-state index in [0.29, 0.717) is 4.90 Å². The van der Waals surface area contributed by atoms with E-state index in [-0.39, 0.29) is 12.1 Å². The third-order valence-corrected chi connectivity index (χ3v) is 5.21. The number of rotatable bonds is 2. The number of sulfonamides is 1. The van der Waals surface area contributed by atoms with Gasteiger partial charge in [-0.2, -0.15) is 4.31 Å². The molecule has 1 fully saturated rings. The van der Waals surface area contributed by atoms with E-state index in [1.54, 1.807) is 28.6 Å². The summed E-state index contributed by atoms with van der Waals surface area (Å²) in [5, 5.41) is 0. The maximum Gasteiger partial charge on any atom is 0.243 e. The van der Waals surface area contributed by atoms with Gasteiger partial charge in [-0.25, -0.2) is 8.42 Å². The summed E-state index contributed by atoms with van der Waals surface area (Å²) < 4.78 is 26.2. The summed E-state index contributed by atoms with van der Waals surface area (Å²) in [7, 11) is -3.25. The summed E-state index contributed by atoms with van der Waals surface area (Å²) in [6, 6.07) is 9.08. The van der Waals surface area contributed by atoms with E-state index >= 15 is 0 Å². The molecule has 1 aromatic rings. The zero-order valence-corrected chi connectivity index (χ0v) is 9.60. The molecule has 0 bridgehead atoms. The Hall–Kier alpha value is -1.13. The Morgan fingerprint density at radius 3 is 2.12 bits per heavy atom. The average Bonchev–Trinajstić information content (AvgIpc) is 3.05. The van der Waals surface area contributed by atoms with Crippen LogP contribution in [0.15, 0.2) is 47.4 Å². The van der Waals surface area contributed by atoms with Gasteiger partial charge in [-0.1, -0.05) is 30.4 Å². The molecule has 16 heavy (non-hydrogen) atoms. The molecule has 3 rings (SSSR count). The number of fused-ring (bicyclic) bond motifs is 1. The average molecular weight is 235 g/mol. The van der Waals surface area contributed by atoms with Gasteiger partial charge in [-0.05, 0) is 25.0 Å². The Labute approximate surface area is 95.4 Å². The summed E-state index contributed by atoms with van der Waals surface area (Å²) >= 11 is 0. The Balaban J connectivity index is 1.92. The molecule has 3 atom stereocenters. The van der Waals surface area contributed by atoms with Gasteiger partial charge < -0.3 is 0 Å². The molecule has 0 radical (unpaired) electrons. The Kier molecular flexibility index (Phi) is 2.16. The molecule has 1 heterocycles. The molecule has 1 saturated heterocycles. The van der Waals surface area contributed by atoms with E-state index in [9.17, 15) is 8.42 Å². The monoisotopic (exact) mass is 235 g/mol. The largest absolute Gasteiger partial charge is 0.243 e. The number of hydrogen-bond donors (Lipinski definition) is 0. The lowest BCUT2D eigenvalue weighted by atomic mass is 10.1. The van der Waals surface area contributed by atoms with Gasteiger partial charge in [0.25, 0.3) is 0 Å². The molecule has 0 saturated carbocycles.